The van der Waals surface area contributed by atoms with Crippen molar-refractivity contribution in [3.05, 3.63) is 78.2 Å². The van der Waals surface area contributed by atoms with Gasteiger partial charge in [-0.05, 0) is 43.4 Å². The number of rotatable bonds is 11. The first kappa shape index (κ1) is 26.3. The summed E-state index contributed by atoms with van der Waals surface area (Å²) in [5, 5.41) is 2.72. The van der Waals surface area contributed by atoms with E-state index < -0.39 is 6.09 Å². The highest BCUT2D eigenvalue weighted by molar-refractivity contribution is 5.96. The Morgan fingerprint density at radius 3 is 2.49 bits per heavy atom. The molecule has 1 aliphatic heterocycles. The maximum Gasteiger partial charge on any atom is 0.407 e. The molecule has 0 bridgehead atoms. The van der Waals surface area contributed by atoms with Crippen LogP contribution < -0.4 is 10.1 Å². The molecule has 8 nitrogen and oxygen atoms in total. The number of allylic oxidation sites excluding steroid dienone is 1. The number of amides is 1. The average Bonchev–Trinajstić information content (AvgIpc) is 2.92. The van der Waals surface area contributed by atoms with Crippen LogP contribution in [0.4, 0.5) is 4.79 Å². The number of para-hydroxylation sites is 1. The summed E-state index contributed by atoms with van der Waals surface area (Å²) >= 11 is 0. The number of Topliss-reactive ketones (excluding diaryl/α,β-unsaturated/α-hetero) is 1. The van der Waals surface area contributed by atoms with Crippen LogP contribution in [-0.4, -0.2) is 36.6 Å². The van der Waals surface area contributed by atoms with Gasteiger partial charge < -0.3 is 24.3 Å². The molecular weight excluding hydrogens is 474 g/mol. The van der Waals surface area contributed by atoms with Gasteiger partial charge in [-0.3, -0.25) is 9.59 Å². The van der Waals surface area contributed by atoms with Gasteiger partial charge in [0.15, 0.2) is 0 Å². The second-order valence-corrected chi connectivity index (χ2v) is 9.27. The summed E-state index contributed by atoms with van der Waals surface area (Å²) in [5.74, 6) is 0.199. The van der Waals surface area contributed by atoms with Gasteiger partial charge in [-0.15, -0.1) is 0 Å². The van der Waals surface area contributed by atoms with Crippen molar-refractivity contribution in [1.82, 2.24) is 5.32 Å². The zero-order valence-electron chi connectivity index (χ0n) is 20.8. The molecule has 0 aromatic heterocycles. The summed E-state index contributed by atoms with van der Waals surface area (Å²) in [6.45, 7) is 0.725. The van der Waals surface area contributed by atoms with Crippen LogP contribution in [0.25, 0.3) is 0 Å². The largest absolute Gasteiger partial charge is 0.493 e. The minimum Gasteiger partial charge on any atom is -0.493 e. The number of benzene rings is 2. The molecular formula is C29H33NO7. The maximum atomic E-state index is 12.8. The predicted octanol–water partition coefficient (Wildman–Crippen LogP) is 5.07. The van der Waals surface area contributed by atoms with Crippen molar-refractivity contribution in [2.75, 3.05) is 6.54 Å². The number of fused-ring (bicyclic) bond motifs is 1. The van der Waals surface area contributed by atoms with E-state index in [1.54, 1.807) is 12.1 Å². The molecule has 1 heterocycles. The molecule has 0 radical (unpaired) electrons. The van der Waals surface area contributed by atoms with Gasteiger partial charge in [0.1, 0.15) is 30.8 Å². The fraction of sp³-hybridized carbons (Fsp3) is 0.414. The van der Waals surface area contributed by atoms with Gasteiger partial charge >= 0.3 is 12.1 Å². The molecule has 1 saturated carbocycles. The number of carbonyl (C=O) groups excluding carboxylic acids is 3. The molecule has 1 N–H and O–H groups in total. The van der Waals surface area contributed by atoms with Gasteiger partial charge in [-0.2, -0.15) is 0 Å². The Labute approximate surface area is 216 Å². The number of hydrogen-bond acceptors (Lipinski definition) is 7. The topological polar surface area (TPSA) is 100 Å². The van der Waals surface area contributed by atoms with Gasteiger partial charge in [0.05, 0.1) is 5.92 Å². The van der Waals surface area contributed by atoms with Crippen LogP contribution in [0.5, 0.6) is 5.75 Å². The van der Waals surface area contributed by atoms with Crippen LogP contribution in [0.15, 0.2) is 72.7 Å². The lowest BCUT2D eigenvalue weighted by Crippen LogP contribution is -2.43. The third-order valence-corrected chi connectivity index (χ3v) is 6.48. The summed E-state index contributed by atoms with van der Waals surface area (Å²) in [5.41, 5.74) is 0.935. The Morgan fingerprint density at radius 2 is 1.70 bits per heavy atom. The van der Waals surface area contributed by atoms with Crippen molar-refractivity contribution in [1.29, 1.82) is 0 Å². The van der Waals surface area contributed by atoms with Crippen molar-refractivity contribution in [2.45, 2.75) is 63.8 Å². The zero-order valence-corrected chi connectivity index (χ0v) is 20.8. The first-order chi connectivity index (χ1) is 18.1. The third kappa shape index (κ3) is 8.10. The van der Waals surface area contributed by atoms with Crippen LogP contribution in [0, 0.1) is 5.92 Å². The number of alkyl carbamates (subject to hydrolysis) is 1. The second kappa shape index (κ2) is 13.5. The fourth-order valence-electron chi connectivity index (χ4n) is 4.51. The Bertz CT molecular complexity index is 1070. The van der Waals surface area contributed by atoms with Gasteiger partial charge in [-0.1, -0.05) is 55.0 Å². The molecule has 3 unspecified atom stereocenters. The summed E-state index contributed by atoms with van der Waals surface area (Å²) in [7, 11) is 0. The van der Waals surface area contributed by atoms with E-state index in [9.17, 15) is 14.4 Å². The molecule has 1 aliphatic carbocycles. The summed E-state index contributed by atoms with van der Waals surface area (Å²) in [6.07, 6.45) is 4.59. The van der Waals surface area contributed by atoms with E-state index in [1.807, 2.05) is 48.5 Å². The number of ether oxygens (including phenoxy) is 4. The summed E-state index contributed by atoms with van der Waals surface area (Å²) in [6, 6.07) is 18.6. The van der Waals surface area contributed by atoms with Crippen LogP contribution in [-0.2, 0) is 30.4 Å². The highest BCUT2D eigenvalue weighted by Crippen LogP contribution is 2.35. The van der Waals surface area contributed by atoms with Crippen molar-refractivity contribution in [2.24, 2.45) is 5.92 Å². The van der Waals surface area contributed by atoms with Crippen molar-refractivity contribution < 1.29 is 33.3 Å². The molecule has 37 heavy (non-hydrogen) atoms. The van der Waals surface area contributed by atoms with Gasteiger partial charge in [0.25, 0.3) is 0 Å². The Kier molecular flexibility index (Phi) is 9.57. The highest BCUT2D eigenvalue weighted by atomic mass is 16.6. The van der Waals surface area contributed by atoms with Gasteiger partial charge in [0.2, 0.25) is 11.5 Å². The standard InChI is InChI=1S/C29H33NO7/c31-27(14-8-3-9-17-30-29(33)35-19-21-10-4-1-5-11-21)37-23-15-16-24-25(18-23)34-20-26(28(24)32)36-22-12-6-2-7-13-22/h1-2,4-7,10-13,20,23-25H,3,8-9,14-19H2,(H,30,33). The first-order valence-corrected chi connectivity index (χ1v) is 12.9. The smallest absolute Gasteiger partial charge is 0.407 e. The number of ketones is 1. The van der Waals surface area contributed by atoms with Gasteiger partial charge in [0, 0.05) is 19.4 Å². The Morgan fingerprint density at radius 1 is 0.946 bits per heavy atom. The van der Waals surface area contributed by atoms with E-state index in [1.165, 1.54) is 6.26 Å². The van der Waals surface area contributed by atoms with E-state index in [0.29, 0.717) is 44.4 Å². The van der Waals surface area contributed by atoms with Gasteiger partial charge in [-0.25, -0.2) is 4.79 Å². The molecule has 1 amide bonds. The molecule has 0 spiro atoms. The Hall–Kier alpha value is -3.81. The number of carbonyl (C=O) groups is 3. The molecule has 3 atom stereocenters. The normalized spacial score (nSPS) is 20.6. The van der Waals surface area contributed by atoms with E-state index in [2.05, 4.69) is 5.32 Å². The molecule has 0 saturated heterocycles. The maximum absolute atomic E-state index is 12.8. The molecule has 2 aromatic carbocycles. The fourth-order valence-corrected chi connectivity index (χ4v) is 4.51. The third-order valence-electron chi connectivity index (χ3n) is 6.48. The van der Waals surface area contributed by atoms with E-state index in [4.69, 9.17) is 18.9 Å². The summed E-state index contributed by atoms with van der Waals surface area (Å²) in [4.78, 5) is 36.9. The molecule has 2 aromatic rings. The molecule has 2 aliphatic rings. The second-order valence-electron chi connectivity index (χ2n) is 9.27. The molecule has 4 rings (SSSR count). The van der Waals surface area contributed by atoms with Crippen molar-refractivity contribution in [3.8, 4) is 5.75 Å². The average molecular weight is 508 g/mol. The molecule has 196 valence electrons. The first-order valence-electron chi connectivity index (χ1n) is 12.9. The number of nitrogens with one attached hydrogen (secondary N) is 1. The van der Waals surface area contributed by atoms with Crippen LogP contribution in [0.1, 0.15) is 50.5 Å². The van der Waals surface area contributed by atoms with E-state index >= 15 is 0 Å². The lowest BCUT2D eigenvalue weighted by Gasteiger charge is -2.36. The van der Waals surface area contributed by atoms with E-state index in [-0.39, 0.29) is 42.2 Å². The highest BCUT2D eigenvalue weighted by Gasteiger charge is 2.42. The van der Waals surface area contributed by atoms with Crippen molar-refractivity contribution in [3.63, 3.8) is 0 Å². The zero-order chi connectivity index (χ0) is 25.9. The number of hydrogen-bond donors (Lipinski definition) is 1. The van der Waals surface area contributed by atoms with Crippen molar-refractivity contribution >= 4 is 17.8 Å². The lowest BCUT2D eigenvalue weighted by atomic mass is 9.80. The quantitative estimate of drug-likeness (QED) is 0.335. The van der Waals surface area contributed by atoms with Crippen LogP contribution in [0.2, 0.25) is 0 Å². The predicted molar refractivity (Wildman–Crippen MR) is 135 cm³/mol. The lowest BCUT2D eigenvalue weighted by molar-refractivity contribution is -0.155. The Balaban J connectivity index is 1.08. The van der Waals surface area contributed by atoms with Crippen LogP contribution in [0.3, 0.4) is 0 Å². The minimum absolute atomic E-state index is 0.0672. The minimum atomic E-state index is -0.448. The number of unbranched alkanes of at least 4 members (excludes halogenated alkanes) is 2. The monoisotopic (exact) mass is 507 g/mol. The summed E-state index contributed by atoms with van der Waals surface area (Å²) < 4.78 is 22.3. The molecule has 1 fully saturated rings. The SMILES string of the molecule is O=C(CCCCCNC(=O)OCc1ccccc1)OC1CCC2C(=O)C(Oc3ccccc3)=COC2C1. The number of esters is 1. The van der Waals surface area contributed by atoms with Crippen LogP contribution >= 0.6 is 0 Å². The molecule has 8 heteroatoms. The van der Waals surface area contributed by atoms with E-state index in [0.717, 1.165) is 18.4 Å².